The van der Waals surface area contributed by atoms with Crippen LogP contribution in [0.3, 0.4) is 0 Å². The van der Waals surface area contributed by atoms with Gasteiger partial charge in [-0.1, -0.05) is 13.0 Å². The molecule has 2 rings (SSSR count). The number of piperazine rings is 1. The van der Waals surface area contributed by atoms with Crippen LogP contribution < -0.4 is 16.4 Å². The third kappa shape index (κ3) is 2.41. The number of carbonyl (C=O) groups is 1. The number of anilines is 2. The molecule has 4 N–H and O–H groups in total. The molecule has 18 heavy (non-hydrogen) atoms. The van der Waals surface area contributed by atoms with E-state index in [1.807, 2.05) is 12.1 Å². The van der Waals surface area contributed by atoms with Crippen LogP contribution >= 0.6 is 0 Å². The molecule has 1 aromatic carbocycles. The van der Waals surface area contributed by atoms with E-state index in [9.17, 15) is 4.79 Å². The van der Waals surface area contributed by atoms with Crippen molar-refractivity contribution in [2.75, 3.05) is 43.4 Å². The molecule has 1 aliphatic rings. The van der Waals surface area contributed by atoms with Crippen LogP contribution in [0.25, 0.3) is 0 Å². The maximum Gasteiger partial charge on any atom is 0.250 e. The quantitative estimate of drug-likeness (QED) is 0.764. The molecule has 0 spiro atoms. The number of likely N-dealkylation sites (N-methyl/N-ethyl adjacent to an activating group) is 1. The molecule has 1 saturated heterocycles. The molecule has 1 aromatic rings. The lowest BCUT2D eigenvalue weighted by Gasteiger charge is -2.36. The summed E-state index contributed by atoms with van der Waals surface area (Å²) in [6.45, 7) is 7.15. The van der Waals surface area contributed by atoms with Crippen molar-refractivity contribution in [1.29, 1.82) is 0 Å². The molecule has 0 radical (unpaired) electrons. The largest absolute Gasteiger partial charge is 0.396 e. The molecule has 98 valence electrons. The van der Waals surface area contributed by atoms with E-state index in [1.165, 1.54) is 0 Å². The van der Waals surface area contributed by atoms with Gasteiger partial charge in [0.15, 0.2) is 0 Å². The fraction of sp³-hybridized carbons (Fsp3) is 0.462. The highest BCUT2D eigenvalue weighted by molar-refractivity contribution is 6.00. The van der Waals surface area contributed by atoms with Crippen molar-refractivity contribution in [1.82, 2.24) is 4.90 Å². The molecule has 0 aliphatic carbocycles. The zero-order chi connectivity index (χ0) is 13.1. The number of nitrogens with zero attached hydrogens (tertiary/aromatic N) is 2. The van der Waals surface area contributed by atoms with E-state index in [0.29, 0.717) is 11.3 Å². The van der Waals surface area contributed by atoms with Crippen LogP contribution in [0.15, 0.2) is 18.2 Å². The summed E-state index contributed by atoms with van der Waals surface area (Å²) in [6, 6.07) is 5.45. The molecule has 5 heteroatoms. The van der Waals surface area contributed by atoms with E-state index in [1.54, 1.807) is 6.07 Å². The van der Waals surface area contributed by atoms with E-state index in [2.05, 4.69) is 16.7 Å². The van der Waals surface area contributed by atoms with Crippen molar-refractivity contribution in [3.05, 3.63) is 23.8 Å². The Morgan fingerprint density at radius 2 is 1.94 bits per heavy atom. The normalized spacial score (nSPS) is 16.8. The second-order valence-corrected chi connectivity index (χ2v) is 4.52. The summed E-state index contributed by atoms with van der Waals surface area (Å²) in [7, 11) is 0. The van der Waals surface area contributed by atoms with Gasteiger partial charge in [0.25, 0.3) is 5.91 Å². The van der Waals surface area contributed by atoms with Crippen molar-refractivity contribution in [3.63, 3.8) is 0 Å². The number of nitrogens with two attached hydrogens (primary N) is 2. The minimum Gasteiger partial charge on any atom is -0.396 e. The van der Waals surface area contributed by atoms with Gasteiger partial charge < -0.3 is 21.3 Å². The minimum absolute atomic E-state index is 0.408. The summed E-state index contributed by atoms with van der Waals surface area (Å²) in [6.07, 6.45) is 0. The number of benzene rings is 1. The molecule has 0 atom stereocenters. The van der Waals surface area contributed by atoms with Crippen molar-refractivity contribution < 1.29 is 4.79 Å². The van der Waals surface area contributed by atoms with E-state index in [4.69, 9.17) is 11.5 Å². The van der Waals surface area contributed by atoms with Crippen molar-refractivity contribution in [3.8, 4) is 0 Å². The highest BCUT2D eigenvalue weighted by Crippen LogP contribution is 2.27. The lowest BCUT2D eigenvalue weighted by Crippen LogP contribution is -2.46. The first kappa shape index (κ1) is 12.7. The molecule has 0 aromatic heterocycles. The molecule has 1 aliphatic heterocycles. The number of para-hydroxylation sites is 1. The van der Waals surface area contributed by atoms with Gasteiger partial charge in [0.1, 0.15) is 0 Å². The summed E-state index contributed by atoms with van der Waals surface area (Å²) >= 11 is 0. The van der Waals surface area contributed by atoms with Gasteiger partial charge in [-0.2, -0.15) is 0 Å². The second kappa shape index (κ2) is 5.27. The van der Waals surface area contributed by atoms with Crippen LogP contribution in [0, 0.1) is 0 Å². The predicted octanol–water partition coefficient (Wildman–Crippen LogP) is 0.510. The zero-order valence-corrected chi connectivity index (χ0v) is 10.7. The van der Waals surface area contributed by atoms with E-state index in [0.717, 1.165) is 38.4 Å². The number of carbonyl (C=O) groups excluding carboxylic acids is 1. The Morgan fingerprint density at radius 1 is 1.28 bits per heavy atom. The van der Waals surface area contributed by atoms with Crippen molar-refractivity contribution >= 4 is 17.3 Å². The Balaban J connectivity index is 2.19. The van der Waals surface area contributed by atoms with Gasteiger partial charge in [0.05, 0.1) is 16.9 Å². The van der Waals surface area contributed by atoms with Crippen LogP contribution in [-0.2, 0) is 0 Å². The molecule has 1 fully saturated rings. The number of primary amides is 1. The standard InChI is InChI=1S/C13H20N4O/c1-2-16-6-8-17(9-7-16)11-5-3-4-10(12(11)14)13(15)18/h3-5H,2,6-9,14H2,1H3,(H2,15,18). The van der Waals surface area contributed by atoms with Crippen LogP contribution in [0.1, 0.15) is 17.3 Å². The van der Waals surface area contributed by atoms with Crippen LogP contribution in [0.4, 0.5) is 11.4 Å². The molecule has 1 heterocycles. The molecular weight excluding hydrogens is 228 g/mol. The maximum atomic E-state index is 11.3. The van der Waals surface area contributed by atoms with Gasteiger partial charge in [-0.15, -0.1) is 0 Å². The number of nitrogen functional groups attached to an aromatic ring is 1. The Morgan fingerprint density at radius 3 is 2.50 bits per heavy atom. The zero-order valence-electron chi connectivity index (χ0n) is 10.7. The molecule has 1 amide bonds. The average Bonchev–Trinajstić information content (AvgIpc) is 2.39. The third-order valence-electron chi connectivity index (χ3n) is 3.51. The highest BCUT2D eigenvalue weighted by Gasteiger charge is 2.19. The van der Waals surface area contributed by atoms with Gasteiger partial charge in [-0.3, -0.25) is 4.79 Å². The van der Waals surface area contributed by atoms with Crippen LogP contribution in [-0.4, -0.2) is 43.5 Å². The molecule has 0 saturated carbocycles. The molecule has 0 bridgehead atoms. The van der Waals surface area contributed by atoms with Crippen LogP contribution in [0.2, 0.25) is 0 Å². The summed E-state index contributed by atoms with van der Waals surface area (Å²) in [5, 5.41) is 0. The van der Waals surface area contributed by atoms with Gasteiger partial charge in [0.2, 0.25) is 0 Å². The highest BCUT2D eigenvalue weighted by atomic mass is 16.1. The average molecular weight is 248 g/mol. The number of amides is 1. The summed E-state index contributed by atoms with van der Waals surface area (Å²) < 4.78 is 0. The summed E-state index contributed by atoms with van der Waals surface area (Å²) in [4.78, 5) is 15.9. The van der Waals surface area contributed by atoms with E-state index in [-0.39, 0.29) is 0 Å². The Labute approximate surface area is 107 Å². The Hall–Kier alpha value is -1.75. The number of hydrogen-bond acceptors (Lipinski definition) is 4. The summed E-state index contributed by atoms with van der Waals surface area (Å²) in [5.41, 5.74) is 13.2. The fourth-order valence-electron chi connectivity index (χ4n) is 2.35. The lowest BCUT2D eigenvalue weighted by molar-refractivity contribution is 0.100. The van der Waals surface area contributed by atoms with Crippen LogP contribution in [0.5, 0.6) is 0 Å². The molecule has 5 nitrogen and oxygen atoms in total. The first-order chi connectivity index (χ1) is 8.63. The van der Waals surface area contributed by atoms with Gasteiger partial charge in [-0.25, -0.2) is 0 Å². The second-order valence-electron chi connectivity index (χ2n) is 4.52. The fourth-order valence-corrected chi connectivity index (χ4v) is 2.35. The van der Waals surface area contributed by atoms with Crippen molar-refractivity contribution in [2.45, 2.75) is 6.92 Å². The Kier molecular flexibility index (Phi) is 3.72. The maximum absolute atomic E-state index is 11.3. The monoisotopic (exact) mass is 248 g/mol. The topological polar surface area (TPSA) is 75.6 Å². The molecule has 0 unspecified atom stereocenters. The third-order valence-corrected chi connectivity index (χ3v) is 3.51. The van der Waals surface area contributed by atoms with E-state index < -0.39 is 5.91 Å². The van der Waals surface area contributed by atoms with Gasteiger partial charge in [0, 0.05) is 26.2 Å². The van der Waals surface area contributed by atoms with E-state index >= 15 is 0 Å². The SMILES string of the molecule is CCN1CCN(c2cccc(C(N)=O)c2N)CC1. The lowest BCUT2D eigenvalue weighted by atomic mass is 10.1. The van der Waals surface area contributed by atoms with Crippen molar-refractivity contribution in [2.24, 2.45) is 5.73 Å². The number of hydrogen-bond donors (Lipinski definition) is 2. The molecular formula is C13H20N4O. The first-order valence-electron chi connectivity index (χ1n) is 6.29. The summed E-state index contributed by atoms with van der Waals surface area (Å²) in [5.74, 6) is -0.471. The minimum atomic E-state index is -0.471. The first-order valence-corrected chi connectivity index (χ1v) is 6.29. The van der Waals surface area contributed by atoms with Gasteiger partial charge >= 0.3 is 0 Å². The predicted molar refractivity (Wildman–Crippen MR) is 73.7 cm³/mol. The smallest absolute Gasteiger partial charge is 0.250 e. The number of rotatable bonds is 3. The van der Waals surface area contributed by atoms with Gasteiger partial charge in [-0.05, 0) is 18.7 Å². The Bertz CT molecular complexity index is 439.